The first-order chi connectivity index (χ1) is 5.86. The van der Waals surface area contributed by atoms with E-state index in [0.717, 1.165) is 25.0 Å². The number of hydrogen-bond acceptors (Lipinski definition) is 3. The van der Waals surface area contributed by atoms with Crippen LogP contribution in [0.3, 0.4) is 0 Å². The second-order valence-corrected chi connectivity index (χ2v) is 3.58. The van der Waals surface area contributed by atoms with E-state index < -0.39 is 0 Å². The van der Waals surface area contributed by atoms with Gasteiger partial charge in [-0.2, -0.15) is 5.26 Å². The Hall–Kier alpha value is -0.880. The zero-order valence-corrected chi connectivity index (χ0v) is 8.02. The first-order valence-corrected chi connectivity index (χ1v) is 5.05. The standard InChI is InChI=1S/C9H12N2S/c1-2-4-9-11-8(7-12-9)5-3-6-10/h7H,2-5H2,1H3. The van der Waals surface area contributed by atoms with Gasteiger partial charge in [0, 0.05) is 18.2 Å². The van der Waals surface area contributed by atoms with Crippen LogP contribution in [0.25, 0.3) is 0 Å². The number of rotatable bonds is 4. The number of nitriles is 1. The van der Waals surface area contributed by atoms with Gasteiger partial charge in [0.05, 0.1) is 16.8 Å². The molecule has 0 spiro atoms. The molecule has 1 heterocycles. The first kappa shape index (κ1) is 9.21. The van der Waals surface area contributed by atoms with Crippen molar-refractivity contribution in [2.75, 3.05) is 0 Å². The van der Waals surface area contributed by atoms with Gasteiger partial charge in [0.25, 0.3) is 0 Å². The molecular formula is C9H12N2S. The molecule has 0 bridgehead atoms. The molecule has 0 saturated carbocycles. The van der Waals surface area contributed by atoms with Crippen molar-refractivity contribution in [3.05, 3.63) is 16.1 Å². The SMILES string of the molecule is CCCc1nc(CCC#N)cs1. The first-order valence-electron chi connectivity index (χ1n) is 4.17. The van der Waals surface area contributed by atoms with Gasteiger partial charge in [0.2, 0.25) is 0 Å². The Labute approximate surface area is 76.9 Å². The van der Waals surface area contributed by atoms with Gasteiger partial charge >= 0.3 is 0 Å². The van der Waals surface area contributed by atoms with Crippen LogP contribution in [0.15, 0.2) is 5.38 Å². The molecule has 0 N–H and O–H groups in total. The number of thiazole rings is 1. The summed E-state index contributed by atoms with van der Waals surface area (Å²) < 4.78 is 0. The highest BCUT2D eigenvalue weighted by Gasteiger charge is 1.99. The lowest BCUT2D eigenvalue weighted by molar-refractivity contribution is 0.882. The predicted molar refractivity (Wildman–Crippen MR) is 50.0 cm³/mol. The van der Waals surface area contributed by atoms with Crippen LogP contribution >= 0.6 is 11.3 Å². The van der Waals surface area contributed by atoms with E-state index in [9.17, 15) is 0 Å². The van der Waals surface area contributed by atoms with Crippen LogP contribution in [0.1, 0.15) is 30.5 Å². The van der Waals surface area contributed by atoms with Crippen molar-refractivity contribution in [1.82, 2.24) is 4.98 Å². The van der Waals surface area contributed by atoms with Gasteiger partial charge in [-0.15, -0.1) is 11.3 Å². The zero-order valence-electron chi connectivity index (χ0n) is 7.21. The van der Waals surface area contributed by atoms with Gasteiger partial charge in [0.1, 0.15) is 0 Å². The fraction of sp³-hybridized carbons (Fsp3) is 0.556. The third-order valence-electron chi connectivity index (χ3n) is 1.56. The van der Waals surface area contributed by atoms with Crippen molar-refractivity contribution in [3.8, 4) is 6.07 Å². The Kier molecular flexibility index (Phi) is 3.75. The third kappa shape index (κ3) is 2.63. The van der Waals surface area contributed by atoms with Crippen molar-refractivity contribution < 1.29 is 0 Å². The average Bonchev–Trinajstić information content (AvgIpc) is 2.50. The van der Waals surface area contributed by atoms with Crippen molar-refractivity contribution in [3.63, 3.8) is 0 Å². The molecule has 0 aliphatic heterocycles. The van der Waals surface area contributed by atoms with E-state index in [0.29, 0.717) is 6.42 Å². The number of hydrogen-bond donors (Lipinski definition) is 0. The molecule has 0 aliphatic rings. The van der Waals surface area contributed by atoms with Crippen LogP contribution in [-0.2, 0) is 12.8 Å². The molecule has 12 heavy (non-hydrogen) atoms. The maximum Gasteiger partial charge on any atom is 0.0928 e. The highest BCUT2D eigenvalue weighted by atomic mass is 32.1. The summed E-state index contributed by atoms with van der Waals surface area (Å²) in [6.45, 7) is 2.15. The summed E-state index contributed by atoms with van der Waals surface area (Å²) in [7, 11) is 0. The predicted octanol–water partition coefficient (Wildman–Crippen LogP) is 2.55. The molecule has 0 radical (unpaired) electrons. The highest BCUT2D eigenvalue weighted by Crippen LogP contribution is 2.12. The lowest BCUT2D eigenvalue weighted by Crippen LogP contribution is -1.86. The minimum Gasteiger partial charge on any atom is -0.246 e. The Morgan fingerprint density at radius 3 is 3.08 bits per heavy atom. The molecule has 1 aromatic heterocycles. The maximum atomic E-state index is 8.36. The summed E-state index contributed by atoms with van der Waals surface area (Å²) in [5.41, 5.74) is 1.07. The molecule has 0 fully saturated rings. The zero-order chi connectivity index (χ0) is 8.81. The van der Waals surface area contributed by atoms with Crippen LogP contribution in [0.5, 0.6) is 0 Å². The third-order valence-corrected chi connectivity index (χ3v) is 2.51. The van der Waals surface area contributed by atoms with E-state index in [1.54, 1.807) is 11.3 Å². The van der Waals surface area contributed by atoms with Crippen molar-refractivity contribution in [2.24, 2.45) is 0 Å². The highest BCUT2D eigenvalue weighted by molar-refractivity contribution is 7.09. The van der Waals surface area contributed by atoms with Gasteiger partial charge in [-0.3, -0.25) is 0 Å². The molecule has 0 aliphatic carbocycles. The summed E-state index contributed by atoms with van der Waals surface area (Å²) in [4.78, 5) is 4.40. The van der Waals surface area contributed by atoms with Crippen LogP contribution in [0.4, 0.5) is 0 Å². The van der Waals surface area contributed by atoms with Crippen LogP contribution in [-0.4, -0.2) is 4.98 Å². The second-order valence-electron chi connectivity index (χ2n) is 2.64. The molecule has 3 heteroatoms. The average molecular weight is 180 g/mol. The summed E-state index contributed by atoms with van der Waals surface area (Å²) >= 11 is 1.70. The van der Waals surface area contributed by atoms with Crippen molar-refractivity contribution in [1.29, 1.82) is 5.26 Å². The van der Waals surface area contributed by atoms with E-state index in [4.69, 9.17) is 5.26 Å². The summed E-state index contributed by atoms with van der Waals surface area (Å²) in [5.74, 6) is 0. The number of aryl methyl sites for hydroxylation is 2. The maximum absolute atomic E-state index is 8.36. The summed E-state index contributed by atoms with van der Waals surface area (Å²) in [5, 5.41) is 11.6. The van der Waals surface area contributed by atoms with E-state index in [-0.39, 0.29) is 0 Å². The minimum atomic E-state index is 0.579. The normalized spacial score (nSPS) is 9.67. The minimum absolute atomic E-state index is 0.579. The van der Waals surface area contributed by atoms with Gasteiger partial charge in [-0.1, -0.05) is 6.92 Å². The van der Waals surface area contributed by atoms with Crippen LogP contribution in [0.2, 0.25) is 0 Å². The fourth-order valence-corrected chi connectivity index (χ4v) is 1.91. The smallest absolute Gasteiger partial charge is 0.0928 e. The fourth-order valence-electron chi connectivity index (χ4n) is 0.976. The van der Waals surface area contributed by atoms with E-state index >= 15 is 0 Å². The molecule has 0 saturated heterocycles. The quantitative estimate of drug-likeness (QED) is 0.714. The van der Waals surface area contributed by atoms with Crippen LogP contribution in [0, 0.1) is 11.3 Å². The lowest BCUT2D eigenvalue weighted by Gasteiger charge is -1.88. The van der Waals surface area contributed by atoms with Crippen molar-refractivity contribution in [2.45, 2.75) is 32.6 Å². The van der Waals surface area contributed by atoms with Gasteiger partial charge in [0.15, 0.2) is 0 Å². The Bertz CT molecular complexity index is 272. The van der Waals surface area contributed by atoms with E-state index in [2.05, 4.69) is 23.4 Å². The molecule has 2 nitrogen and oxygen atoms in total. The van der Waals surface area contributed by atoms with Gasteiger partial charge in [-0.25, -0.2) is 4.98 Å². The Morgan fingerprint density at radius 2 is 2.42 bits per heavy atom. The molecule has 1 aromatic rings. The van der Waals surface area contributed by atoms with E-state index in [1.807, 2.05) is 0 Å². The lowest BCUT2D eigenvalue weighted by atomic mass is 10.3. The van der Waals surface area contributed by atoms with E-state index in [1.165, 1.54) is 5.01 Å². The molecule has 0 amide bonds. The Morgan fingerprint density at radius 1 is 1.58 bits per heavy atom. The number of aromatic nitrogens is 1. The molecule has 0 aromatic carbocycles. The summed E-state index contributed by atoms with van der Waals surface area (Å²) in [6, 6.07) is 2.12. The molecule has 0 atom stereocenters. The topological polar surface area (TPSA) is 36.7 Å². The van der Waals surface area contributed by atoms with Crippen molar-refractivity contribution >= 4 is 11.3 Å². The summed E-state index contributed by atoms with van der Waals surface area (Å²) in [6.07, 6.45) is 3.59. The molecule has 64 valence electrons. The van der Waals surface area contributed by atoms with Crippen LogP contribution < -0.4 is 0 Å². The Balaban J connectivity index is 2.47. The van der Waals surface area contributed by atoms with Gasteiger partial charge < -0.3 is 0 Å². The second kappa shape index (κ2) is 4.89. The van der Waals surface area contributed by atoms with Gasteiger partial charge in [-0.05, 0) is 12.8 Å². The largest absolute Gasteiger partial charge is 0.246 e. The molecule has 0 unspecified atom stereocenters. The monoisotopic (exact) mass is 180 g/mol. The molecule has 1 rings (SSSR count). The number of nitrogens with zero attached hydrogens (tertiary/aromatic N) is 2. The molecular weight excluding hydrogens is 168 g/mol.